The number of hydrogen-bond donors (Lipinski definition) is 2. The summed E-state index contributed by atoms with van der Waals surface area (Å²) >= 11 is 1.28. The van der Waals surface area contributed by atoms with E-state index < -0.39 is 58.7 Å². The molecule has 3 aliphatic heterocycles. The second-order valence-corrected chi connectivity index (χ2v) is 11.5. The molecule has 0 aromatic carbocycles. The predicted molar refractivity (Wildman–Crippen MR) is 116 cm³/mol. The first-order chi connectivity index (χ1) is 15.2. The van der Waals surface area contributed by atoms with Crippen molar-refractivity contribution >= 4 is 40.0 Å². The van der Waals surface area contributed by atoms with Crippen molar-refractivity contribution in [3.63, 3.8) is 0 Å². The molecule has 3 N–H and O–H groups in total. The first-order valence-corrected chi connectivity index (χ1v) is 12.9. The molecular weight excluding hydrogens is 478 g/mol. The molecule has 0 spiro atoms. The van der Waals surface area contributed by atoms with Crippen molar-refractivity contribution < 1.29 is 42.1 Å². The molecule has 3 rings (SSSR count). The van der Waals surface area contributed by atoms with Crippen LogP contribution in [0.25, 0.3) is 0 Å². The number of β-lactam (4-membered cyclic amide) rings is 1. The summed E-state index contributed by atoms with van der Waals surface area (Å²) in [6, 6.07) is -0.431. The Bertz CT molecular complexity index is 960. The zero-order chi connectivity index (χ0) is 24.8. The molecule has 2 saturated heterocycles. The summed E-state index contributed by atoms with van der Waals surface area (Å²) in [5.74, 6) is -2.23. The zero-order valence-electron chi connectivity index (χ0n) is 19.0. The van der Waals surface area contributed by atoms with Crippen molar-refractivity contribution in [2.45, 2.75) is 64.4 Å². The number of aliphatic hydroxyl groups excluding tert-OH is 1. The van der Waals surface area contributed by atoms with Gasteiger partial charge >= 0.3 is 12.1 Å². The second kappa shape index (κ2) is 9.41. The Morgan fingerprint density at radius 3 is 2.27 bits per heavy atom. The van der Waals surface area contributed by atoms with Crippen molar-refractivity contribution in [2.75, 3.05) is 13.1 Å². The minimum absolute atomic E-state index is 0.0149. The third-order valence-corrected chi connectivity index (χ3v) is 8.11. The van der Waals surface area contributed by atoms with Crippen LogP contribution in [-0.2, 0) is 34.0 Å². The smallest absolute Gasteiger partial charge is 0.431 e. The summed E-state index contributed by atoms with van der Waals surface area (Å²) < 4.78 is 39.1. The molecule has 0 aliphatic carbocycles. The standard InChI is InChI=1S/C19H29N3O9S2/c1-8(2)29-19(26)31-11(5)30-18(25)15-16(32-12-6-21(7-12)33(20,27)28)9(3)14-13(10(4)23)17(24)22(14)15/h8-14,23H,6-7H2,1-5H3,(H2,20,27,28)/t9-,10-,11?,13-,14-/m1/s1. The fraction of sp³-hybridized carbons (Fsp3) is 0.737. The molecule has 0 aromatic rings. The highest BCUT2D eigenvalue weighted by molar-refractivity contribution is 8.04. The Kier molecular flexibility index (Phi) is 7.34. The number of thioether (sulfide) groups is 1. The lowest BCUT2D eigenvalue weighted by molar-refractivity contribution is -0.174. The Hall–Kier alpha value is -1.87. The van der Waals surface area contributed by atoms with Crippen molar-refractivity contribution in [1.29, 1.82) is 0 Å². The monoisotopic (exact) mass is 507 g/mol. The van der Waals surface area contributed by atoms with Gasteiger partial charge in [-0.1, -0.05) is 6.92 Å². The van der Waals surface area contributed by atoms with Crippen LogP contribution in [0.5, 0.6) is 0 Å². The minimum atomic E-state index is -3.80. The number of nitrogens with zero attached hydrogens (tertiary/aromatic N) is 2. The van der Waals surface area contributed by atoms with E-state index in [4.69, 9.17) is 19.3 Å². The molecule has 5 atom stereocenters. The van der Waals surface area contributed by atoms with E-state index in [0.29, 0.717) is 4.91 Å². The number of carbonyl (C=O) groups excluding carboxylic acids is 3. The van der Waals surface area contributed by atoms with Gasteiger partial charge in [-0.3, -0.25) is 4.79 Å². The molecule has 33 heavy (non-hydrogen) atoms. The fourth-order valence-corrected chi connectivity index (χ4v) is 6.60. The second-order valence-electron chi connectivity index (χ2n) is 8.58. The third-order valence-electron chi connectivity index (χ3n) is 5.64. The van der Waals surface area contributed by atoms with E-state index in [1.807, 2.05) is 6.92 Å². The van der Waals surface area contributed by atoms with Crippen LogP contribution in [0, 0.1) is 11.8 Å². The summed E-state index contributed by atoms with van der Waals surface area (Å²) in [6.07, 6.45) is -3.60. The highest BCUT2D eigenvalue weighted by atomic mass is 32.2. The van der Waals surface area contributed by atoms with Crippen LogP contribution in [0.2, 0.25) is 0 Å². The lowest BCUT2D eigenvalue weighted by Gasteiger charge is -2.46. The van der Waals surface area contributed by atoms with Gasteiger partial charge in [0.2, 0.25) is 12.2 Å². The van der Waals surface area contributed by atoms with Crippen LogP contribution in [0.3, 0.4) is 0 Å². The summed E-state index contributed by atoms with van der Waals surface area (Å²) in [5.41, 5.74) is 0.0149. The fourth-order valence-electron chi connectivity index (χ4n) is 4.12. The Labute approximate surface area is 196 Å². The molecule has 1 amide bonds. The largest absolute Gasteiger partial charge is 0.511 e. The van der Waals surface area contributed by atoms with Gasteiger partial charge in [0.25, 0.3) is 10.2 Å². The molecule has 12 nitrogen and oxygen atoms in total. The highest BCUT2D eigenvalue weighted by Gasteiger charge is 2.60. The van der Waals surface area contributed by atoms with Crippen molar-refractivity contribution in [3.8, 4) is 0 Å². The molecule has 1 unspecified atom stereocenters. The molecule has 186 valence electrons. The third kappa shape index (κ3) is 5.14. The number of rotatable bonds is 8. The molecule has 14 heteroatoms. The number of ether oxygens (including phenoxy) is 3. The van der Waals surface area contributed by atoms with Gasteiger partial charge in [-0.2, -0.15) is 12.7 Å². The van der Waals surface area contributed by atoms with Gasteiger partial charge in [0, 0.05) is 36.1 Å². The van der Waals surface area contributed by atoms with Gasteiger partial charge in [-0.05, 0) is 20.8 Å². The van der Waals surface area contributed by atoms with Crippen LogP contribution in [0.1, 0.15) is 34.6 Å². The molecule has 0 bridgehead atoms. The summed E-state index contributed by atoms with van der Waals surface area (Å²) in [6.45, 7) is 8.30. The average Bonchev–Trinajstić information content (AvgIpc) is 2.83. The number of carbonyl (C=O) groups is 3. The molecule has 0 saturated carbocycles. The molecule has 0 aromatic heterocycles. The van der Waals surface area contributed by atoms with Crippen molar-refractivity contribution in [2.24, 2.45) is 17.0 Å². The van der Waals surface area contributed by atoms with Gasteiger partial charge in [-0.15, -0.1) is 11.8 Å². The zero-order valence-corrected chi connectivity index (χ0v) is 20.6. The van der Waals surface area contributed by atoms with E-state index in [2.05, 4.69) is 0 Å². The topological polar surface area (TPSA) is 166 Å². The van der Waals surface area contributed by atoms with Gasteiger partial charge in [0.15, 0.2) is 0 Å². The lowest BCUT2D eigenvalue weighted by atomic mass is 9.79. The Morgan fingerprint density at radius 2 is 1.76 bits per heavy atom. The van der Waals surface area contributed by atoms with Gasteiger partial charge in [-0.25, -0.2) is 14.7 Å². The Morgan fingerprint density at radius 1 is 1.15 bits per heavy atom. The van der Waals surface area contributed by atoms with Crippen LogP contribution in [0.15, 0.2) is 10.6 Å². The number of hydrogen-bond acceptors (Lipinski definition) is 10. The maximum Gasteiger partial charge on any atom is 0.511 e. The molecular formula is C19H29N3O9S2. The van der Waals surface area contributed by atoms with Crippen LogP contribution >= 0.6 is 11.8 Å². The summed E-state index contributed by atoms with van der Waals surface area (Å²) in [5, 5.41) is 15.0. The van der Waals surface area contributed by atoms with Gasteiger partial charge in [0.05, 0.1) is 24.2 Å². The molecule has 3 aliphatic rings. The van der Waals surface area contributed by atoms with E-state index in [0.717, 1.165) is 4.31 Å². The van der Waals surface area contributed by atoms with E-state index >= 15 is 0 Å². The maximum atomic E-state index is 13.0. The van der Waals surface area contributed by atoms with Crippen LogP contribution in [-0.4, -0.2) is 83.6 Å². The number of amides is 1. The minimum Gasteiger partial charge on any atom is -0.431 e. The van der Waals surface area contributed by atoms with Crippen molar-refractivity contribution in [1.82, 2.24) is 9.21 Å². The highest BCUT2D eigenvalue weighted by Crippen LogP contribution is 2.52. The SMILES string of the molecule is CC(C)OC(=O)OC(C)OC(=O)C1=C(SC2CN(S(N)(=O)=O)C2)[C@H](C)[C@@H]2[C@@H]([C@@H](C)O)C(=O)N12. The van der Waals surface area contributed by atoms with E-state index in [-0.39, 0.29) is 30.0 Å². The van der Waals surface area contributed by atoms with E-state index in [1.165, 1.54) is 30.5 Å². The first kappa shape index (κ1) is 25.7. The number of esters is 1. The van der Waals surface area contributed by atoms with Crippen LogP contribution in [0.4, 0.5) is 4.79 Å². The predicted octanol–water partition coefficient (Wildman–Crippen LogP) is 0.127. The average molecular weight is 508 g/mol. The Balaban J connectivity index is 1.78. The van der Waals surface area contributed by atoms with Crippen LogP contribution < -0.4 is 5.14 Å². The molecule has 0 radical (unpaired) electrons. The van der Waals surface area contributed by atoms with E-state index in [1.54, 1.807) is 13.8 Å². The van der Waals surface area contributed by atoms with E-state index in [9.17, 15) is 27.9 Å². The number of nitrogens with two attached hydrogens (primary N) is 1. The lowest BCUT2D eigenvalue weighted by Crippen LogP contribution is -2.63. The number of aliphatic hydroxyl groups is 1. The van der Waals surface area contributed by atoms with Gasteiger partial charge in [0.1, 0.15) is 5.70 Å². The first-order valence-electron chi connectivity index (χ1n) is 10.5. The van der Waals surface area contributed by atoms with Gasteiger partial charge < -0.3 is 24.2 Å². The van der Waals surface area contributed by atoms with Crippen molar-refractivity contribution in [3.05, 3.63) is 10.6 Å². The summed E-state index contributed by atoms with van der Waals surface area (Å²) in [4.78, 5) is 39.3. The summed E-state index contributed by atoms with van der Waals surface area (Å²) in [7, 11) is -3.80. The number of fused-ring (bicyclic) bond motifs is 1. The maximum absolute atomic E-state index is 13.0. The molecule has 3 heterocycles. The molecule has 2 fully saturated rings. The normalized spacial score (nSPS) is 27.6. The quantitative estimate of drug-likeness (QED) is 0.262.